The molecule has 1 saturated heterocycles. The maximum atomic E-state index is 13.3. The van der Waals surface area contributed by atoms with Crippen LogP contribution in [0, 0.1) is 0 Å². The highest BCUT2D eigenvalue weighted by Crippen LogP contribution is 2.34. The molecule has 0 bridgehead atoms. The fraction of sp³-hybridized carbons (Fsp3) is 0.217. The third-order valence-corrected chi connectivity index (χ3v) is 5.30. The topological polar surface area (TPSA) is 81.4 Å². The fourth-order valence-electron chi connectivity index (χ4n) is 3.73. The van der Waals surface area contributed by atoms with Crippen molar-refractivity contribution < 1.29 is 14.1 Å². The van der Waals surface area contributed by atoms with Crippen molar-refractivity contribution in [3.05, 3.63) is 72.4 Å². The van der Waals surface area contributed by atoms with E-state index in [-0.39, 0.29) is 11.8 Å². The van der Waals surface area contributed by atoms with Crippen LogP contribution in [-0.2, 0) is 0 Å². The molecular formula is C23H20N4O3. The average Bonchev–Trinajstić information content (AvgIpc) is 3.23. The van der Waals surface area contributed by atoms with E-state index in [0.29, 0.717) is 42.7 Å². The summed E-state index contributed by atoms with van der Waals surface area (Å²) < 4.78 is 11.2. The van der Waals surface area contributed by atoms with E-state index in [0.717, 1.165) is 16.3 Å². The van der Waals surface area contributed by atoms with Crippen LogP contribution in [-0.4, -0.2) is 45.6 Å². The van der Waals surface area contributed by atoms with E-state index >= 15 is 0 Å². The molecule has 0 radical (unpaired) electrons. The zero-order valence-corrected chi connectivity index (χ0v) is 16.5. The van der Waals surface area contributed by atoms with Crippen LogP contribution in [0.4, 0.5) is 0 Å². The summed E-state index contributed by atoms with van der Waals surface area (Å²) in [5.41, 5.74) is 1.46. The molecule has 4 aromatic rings. The van der Waals surface area contributed by atoms with Gasteiger partial charge in [-0.2, -0.15) is 4.98 Å². The molecule has 1 aliphatic heterocycles. The summed E-state index contributed by atoms with van der Waals surface area (Å²) in [5.74, 6) is 1.68. The summed E-state index contributed by atoms with van der Waals surface area (Å²) in [6.45, 7) is 3.48. The largest absolute Gasteiger partial charge is 0.493 e. The van der Waals surface area contributed by atoms with E-state index in [1.54, 1.807) is 17.3 Å². The SMILES string of the molecule is CCOc1ccc2ccccc2c1C(=O)N1CC(c2nc(-c3ccncc3)no2)C1. The van der Waals surface area contributed by atoms with Crippen molar-refractivity contribution in [2.45, 2.75) is 12.8 Å². The summed E-state index contributed by atoms with van der Waals surface area (Å²) in [6.07, 6.45) is 3.38. The fourth-order valence-corrected chi connectivity index (χ4v) is 3.73. The Morgan fingerprint density at radius 2 is 1.93 bits per heavy atom. The first-order valence-electron chi connectivity index (χ1n) is 9.92. The summed E-state index contributed by atoms with van der Waals surface area (Å²) in [4.78, 5) is 23.6. The number of carbonyl (C=O) groups is 1. The maximum absolute atomic E-state index is 13.3. The molecule has 30 heavy (non-hydrogen) atoms. The normalized spacial score (nSPS) is 14.0. The molecule has 150 valence electrons. The molecule has 0 N–H and O–H groups in total. The Morgan fingerprint density at radius 1 is 1.13 bits per heavy atom. The van der Waals surface area contributed by atoms with Crippen LogP contribution in [0.1, 0.15) is 29.1 Å². The van der Waals surface area contributed by atoms with Crippen LogP contribution >= 0.6 is 0 Å². The van der Waals surface area contributed by atoms with Gasteiger partial charge in [0.15, 0.2) is 0 Å². The van der Waals surface area contributed by atoms with E-state index < -0.39 is 0 Å². The Labute approximate surface area is 173 Å². The van der Waals surface area contributed by atoms with Gasteiger partial charge in [-0.15, -0.1) is 0 Å². The number of amides is 1. The van der Waals surface area contributed by atoms with Crippen LogP contribution in [0.25, 0.3) is 22.2 Å². The van der Waals surface area contributed by atoms with Crippen LogP contribution in [0.2, 0.25) is 0 Å². The van der Waals surface area contributed by atoms with Gasteiger partial charge < -0.3 is 14.2 Å². The van der Waals surface area contributed by atoms with Gasteiger partial charge in [0.2, 0.25) is 11.7 Å². The molecule has 0 spiro atoms. The Hall–Kier alpha value is -3.74. The minimum Gasteiger partial charge on any atom is -0.493 e. The van der Waals surface area contributed by atoms with Gasteiger partial charge in [0.25, 0.3) is 5.91 Å². The van der Waals surface area contributed by atoms with Gasteiger partial charge in [-0.3, -0.25) is 9.78 Å². The molecule has 3 heterocycles. The molecule has 7 nitrogen and oxygen atoms in total. The molecule has 0 atom stereocenters. The zero-order valence-electron chi connectivity index (χ0n) is 16.5. The number of carbonyl (C=O) groups excluding carboxylic acids is 1. The minimum absolute atomic E-state index is 0.0301. The van der Waals surface area contributed by atoms with Gasteiger partial charge in [0, 0.05) is 31.0 Å². The monoisotopic (exact) mass is 400 g/mol. The molecule has 7 heteroatoms. The smallest absolute Gasteiger partial charge is 0.258 e. The first kappa shape index (κ1) is 18.3. The van der Waals surface area contributed by atoms with E-state index in [2.05, 4.69) is 15.1 Å². The molecule has 1 fully saturated rings. The Morgan fingerprint density at radius 3 is 2.73 bits per heavy atom. The second-order valence-electron chi connectivity index (χ2n) is 7.19. The lowest BCUT2D eigenvalue weighted by molar-refractivity contribution is 0.0567. The molecule has 1 amide bonds. The highest BCUT2D eigenvalue weighted by atomic mass is 16.5. The molecular weight excluding hydrogens is 380 g/mol. The lowest BCUT2D eigenvalue weighted by Gasteiger charge is -2.37. The first-order chi connectivity index (χ1) is 14.7. The molecule has 0 saturated carbocycles. The summed E-state index contributed by atoms with van der Waals surface area (Å²) in [7, 11) is 0. The summed E-state index contributed by atoms with van der Waals surface area (Å²) in [5, 5.41) is 5.97. The standard InChI is InChI=1S/C23H20N4O3/c1-2-29-19-8-7-15-5-3-4-6-18(15)20(19)23(28)27-13-17(14-27)22-25-21(26-30-22)16-9-11-24-12-10-16/h3-12,17H,2,13-14H2,1H3. The first-order valence-corrected chi connectivity index (χ1v) is 9.92. The van der Waals surface area contributed by atoms with Crippen molar-refractivity contribution in [1.82, 2.24) is 20.0 Å². The van der Waals surface area contributed by atoms with Crippen molar-refractivity contribution in [2.75, 3.05) is 19.7 Å². The van der Waals surface area contributed by atoms with Crippen LogP contribution in [0.3, 0.4) is 0 Å². The second-order valence-corrected chi connectivity index (χ2v) is 7.19. The number of hydrogen-bond donors (Lipinski definition) is 0. The van der Waals surface area contributed by atoms with E-state index in [9.17, 15) is 4.79 Å². The number of rotatable bonds is 5. The van der Waals surface area contributed by atoms with E-state index in [1.807, 2.05) is 55.5 Å². The number of benzene rings is 2. The third-order valence-electron chi connectivity index (χ3n) is 5.30. The van der Waals surface area contributed by atoms with Crippen molar-refractivity contribution in [3.8, 4) is 17.1 Å². The molecule has 0 unspecified atom stereocenters. The van der Waals surface area contributed by atoms with Crippen molar-refractivity contribution in [2.24, 2.45) is 0 Å². The van der Waals surface area contributed by atoms with E-state index in [4.69, 9.17) is 9.26 Å². The predicted octanol–water partition coefficient (Wildman–Crippen LogP) is 3.92. The Bertz CT molecular complexity index is 1200. The lowest BCUT2D eigenvalue weighted by atomic mass is 9.96. The van der Waals surface area contributed by atoms with Crippen molar-refractivity contribution >= 4 is 16.7 Å². The van der Waals surface area contributed by atoms with E-state index in [1.165, 1.54) is 0 Å². The number of ether oxygens (including phenoxy) is 1. The number of nitrogens with zero attached hydrogens (tertiary/aromatic N) is 4. The highest BCUT2D eigenvalue weighted by Gasteiger charge is 2.37. The quantitative estimate of drug-likeness (QED) is 0.505. The molecule has 2 aromatic carbocycles. The Kier molecular flexibility index (Phi) is 4.63. The van der Waals surface area contributed by atoms with Crippen LogP contribution < -0.4 is 4.74 Å². The minimum atomic E-state index is -0.0413. The zero-order chi connectivity index (χ0) is 20.5. The van der Waals surface area contributed by atoms with Crippen LogP contribution in [0.15, 0.2) is 65.4 Å². The van der Waals surface area contributed by atoms with Gasteiger partial charge in [-0.25, -0.2) is 0 Å². The number of pyridine rings is 1. The summed E-state index contributed by atoms with van der Waals surface area (Å²) >= 11 is 0. The molecule has 1 aliphatic rings. The van der Waals surface area contributed by atoms with Crippen molar-refractivity contribution in [3.63, 3.8) is 0 Å². The highest BCUT2D eigenvalue weighted by molar-refractivity contribution is 6.09. The van der Waals surface area contributed by atoms with Gasteiger partial charge >= 0.3 is 0 Å². The number of aromatic nitrogens is 3. The second kappa shape index (κ2) is 7.59. The summed E-state index contributed by atoms with van der Waals surface area (Å²) in [6, 6.07) is 15.4. The van der Waals surface area contributed by atoms with Crippen LogP contribution in [0.5, 0.6) is 5.75 Å². The van der Waals surface area contributed by atoms with Gasteiger partial charge in [0.1, 0.15) is 5.75 Å². The number of hydrogen-bond acceptors (Lipinski definition) is 6. The molecule has 2 aromatic heterocycles. The lowest BCUT2D eigenvalue weighted by Crippen LogP contribution is -2.48. The number of likely N-dealkylation sites (tertiary alicyclic amines) is 1. The molecule has 5 rings (SSSR count). The van der Waals surface area contributed by atoms with Crippen molar-refractivity contribution in [1.29, 1.82) is 0 Å². The predicted molar refractivity (Wildman–Crippen MR) is 111 cm³/mol. The van der Waals surface area contributed by atoms with Gasteiger partial charge in [0.05, 0.1) is 18.1 Å². The van der Waals surface area contributed by atoms with Gasteiger partial charge in [-0.05, 0) is 35.9 Å². The van der Waals surface area contributed by atoms with Gasteiger partial charge in [-0.1, -0.05) is 35.5 Å². The third kappa shape index (κ3) is 3.18. The maximum Gasteiger partial charge on any atom is 0.258 e. The average molecular weight is 400 g/mol. The Balaban J connectivity index is 1.36. The molecule has 0 aliphatic carbocycles. The number of fused-ring (bicyclic) bond motifs is 1.